The number of halogens is 5. The van der Waals surface area contributed by atoms with Crippen LogP contribution in [0.2, 0.25) is 0 Å². The molecule has 19 heavy (non-hydrogen) atoms. The largest absolute Gasteiger partial charge is 0.458 e. The number of carbonyl (C=O) groups excluding carboxylic acids is 2. The van der Waals surface area contributed by atoms with Gasteiger partial charge < -0.3 is 9.22 Å². The minimum atomic E-state index is -5.71. The maximum atomic E-state index is 12.9. The minimum Gasteiger partial charge on any atom is -0.458 e. The molecule has 0 bridgehead atoms. The lowest BCUT2D eigenvalue weighted by molar-refractivity contribution is -0.884. The average molecular weight is 292 g/mol. The molecule has 112 valence electrons. The Balaban J connectivity index is 4.84. The fourth-order valence-electron chi connectivity index (χ4n) is 1.46. The first-order valence-electron chi connectivity index (χ1n) is 5.24. The average Bonchev–Trinajstić information content (AvgIpc) is 2.13. The van der Waals surface area contributed by atoms with Crippen molar-refractivity contribution in [3.63, 3.8) is 0 Å². The van der Waals surface area contributed by atoms with E-state index in [-0.39, 0.29) is 24.0 Å². The predicted octanol–water partition coefficient (Wildman–Crippen LogP) is 1.39. The minimum absolute atomic E-state index is 0.101. The summed E-state index contributed by atoms with van der Waals surface area (Å²) < 4.78 is 66.0. The van der Waals surface area contributed by atoms with Gasteiger partial charge in [0, 0.05) is 0 Å². The van der Waals surface area contributed by atoms with Crippen LogP contribution in [0.5, 0.6) is 0 Å². The lowest BCUT2D eigenvalue weighted by Crippen LogP contribution is -2.50. The third-order valence-corrected chi connectivity index (χ3v) is 2.41. The molecule has 4 nitrogen and oxygen atoms in total. The molecule has 0 aromatic carbocycles. The van der Waals surface area contributed by atoms with Crippen molar-refractivity contribution in [3.05, 3.63) is 0 Å². The van der Waals surface area contributed by atoms with Crippen LogP contribution in [0.3, 0.4) is 0 Å². The van der Waals surface area contributed by atoms with E-state index in [9.17, 15) is 31.5 Å². The molecule has 1 atom stereocenters. The molecule has 0 N–H and O–H groups in total. The van der Waals surface area contributed by atoms with Crippen LogP contribution in [-0.2, 0) is 14.3 Å². The highest BCUT2D eigenvalue weighted by atomic mass is 19.4. The van der Waals surface area contributed by atoms with Crippen LogP contribution in [0.1, 0.15) is 6.42 Å². The second-order valence-corrected chi connectivity index (χ2v) is 4.73. The van der Waals surface area contributed by atoms with Gasteiger partial charge in [0.1, 0.15) is 13.1 Å². The first-order valence-corrected chi connectivity index (χ1v) is 5.24. The highest BCUT2D eigenvalue weighted by molar-refractivity contribution is 5.50. The van der Waals surface area contributed by atoms with E-state index < -0.39 is 24.6 Å². The molecule has 0 aromatic rings. The van der Waals surface area contributed by atoms with Gasteiger partial charge in [-0.3, -0.25) is 9.59 Å². The predicted molar refractivity (Wildman–Crippen MR) is 54.5 cm³/mol. The van der Waals surface area contributed by atoms with Crippen LogP contribution in [0.4, 0.5) is 22.0 Å². The highest BCUT2D eigenvalue weighted by Gasteiger charge is 2.58. The van der Waals surface area contributed by atoms with E-state index in [4.69, 9.17) is 0 Å². The molecule has 0 amide bonds. The summed E-state index contributed by atoms with van der Waals surface area (Å²) in [6.07, 6.45) is -8.52. The smallest absolute Gasteiger partial charge is 0.453 e. The van der Waals surface area contributed by atoms with Gasteiger partial charge in [-0.15, -0.1) is 0 Å². The van der Waals surface area contributed by atoms with Crippen molar-refractivity contribution in [3.8, 4) is 0 Å². The van der Waals surface area contributed by atoms with E-state index in [1.165, 1.54) is 14.1 Å². The molecule has 0 aliphatic carbocycles. The van der Waals surface area contributed by atoms with Gasteiger partial charge >= 0.3 is 12.1 Å². The van der Waals surface area contributed by atoms with E-state index in [2.05, 4.69) is 4.74 Å². The van der Waals surface area contributed by atoms with Crippen molar-refractivity contribution in [1.82, 2.24) is 0 Å². The molecule has 0 heterocycles. The molecular formula is C10H15F5NO3+. The molecule has 9 heteroatoms. The Hall–Kier alpha value is -1.25. The van der Waals surface area contributed by atoms with Crippen molar-refractivity contribution in [2.75, 3.05) is 27.2 Å². The van der Waals surface area contributed by atoms with Gasteiger partial charge in [-0.2, -0.15) is 22.0 Å². The van der Waals surface area contributed by atoms with E-state index in [0.29, 0.717) is 6.29 Å². The van der Waals surface area contributed by atoms with Crippen molar-refractivity contribution in [1.29, 1.82) is 0 Å². The Labute approximate surface area is 106 Å². The molecular weight excluding hydrogens is 277 g/mol. The molecule has 0 spiro atoms. The summed E-state index contributed by atoms with van der Waals surface area (Å²) in [7, 11) is 2.89. The zero-order valence-electron chi connectivity index (χ0n) is 10.4. The molecule has 0 saturated heterocycles. The van der Waals surface area contributed by atoms with Crippen molar-refractivity contribution >= 4 is 12.8 Å². The number of alkyl halides is 5. The third kappa shape index (κ3) is 5.95. The number of aldehydes is 1. The lowest BCUT2D eigenvalue weighted by Gasteiger charge is -2.32. The Morgan fingerprint density at radius 2 is 1.68 bits per heavy atom. The number of quaternary nitrogens is 1. The Bertz CT molecular complexity index is 317. The first kappa shape index (κ1) is 17.8. The highest BCUT2D eigenvalue weighted by Crippen LogP contribution is 2.39. The summed E-state index contributed by atoms with van der Waals surface area (Å²) in [6, 6.07) is 0. The molecule has 0 fully saturated rings. The van der Waals surface area contributed by atoms with Crippen molar-refractivity contribution in [2.45, 2.75) is 24.6 Å². The molecule has 0 aliphatic rings. The second-order valence-electron chi connectivity index (χ2n) is 4.73. The van der Waals surface area contributed by atoms with Crippen LogP contribution in [0.15, 0.2) is 0 Å². The van der Waals surface area contributed by atoms with Crippen LogP contribution in [0.25, 0.3) is 0 Å². The molecule has 0 radical (unpaired) electrons. The summed E-state index contributed by atoms with van der Waals surface area (Å²) >= 11 is 0. The summed E-state index contributed by atoms with van der Waals surface area (Å²) in [5.41, 5.74) is 0. The van der Waals surface area contributed by atoms with Crippen molar-refractivity contribution < 1.29 is 40.8 Å². The van der Waals surface area contributed by atoms with Crippen LogP contribution >= 0.6 is 0 Å². The molecule has 1 unspecified atom stereocenters. The van der Waals surface area contributed by atoms with Gasteiger partial charge in [-0.1, -0.05) is 0 Å². The normalized spacial score (nSPS) is 14.9. The maximum Gasteiger partial charge on any atom is 0.453 e. The number of rotatable bonds is 8. The van der Waals surface area contributed by atoms with Crippen LogP contribution < -0.4 is 0 Å². The number of carbonyl (C=O) groups is 2. The van der Waals surface area contributed by atoms with Gasteiger partial charge in [-0.05, 0) is 0 Å². The summed E-state index contributed by atoms with van der Waals surface area (Å²) in [4.78, 5) is 20.5. The van der Waals surface area contributed by atoms with E-state index in [1.807, 2.05) is 0 Å². The monoisotopic (exact) mass is 292 g/mol. The summed E-state index contributed by atoms with van der Waals surface area (Å²) in [6.45, 7) is -0.614. The topological polar surface area (TPSA) is 43.4 Å². The van der Waals surface area contributed by atoms with Gasteiger partial charge in [-0.25, -0.2) is 0 Å². The van der Waals surface area contributed by atoms with E-state index in [0.717, 1.165) is 0 Å². The Morgan fingerprint density at radius 1 is 1.16 bits per heavy atom. The fraction of sp³-hybridized carbons (Fsp3) is 0.800. The Morgan fingerprint density at radius 3 is 2.05 bits per heavy atom. The van der Waals surface area contributed by atoms with Gasteiger partial charge in [0.2, 0.25) is 0 Å². The summed E-state index contributed by atoms with van der Waals surface area (Å²) in [5.74, 6) is -4.96. The van der Waals surface area contributed by atoms with Gasteiger partial charge in [0.25, 0.3) is 6.47 Å². The quantitative estimate of drug-likeness (QED) is 0.386. The number of hydrogen-bond donors (Lipinski definition) is 0. The molecule has 0 saturated carbocycles. The Kier molecular flexibility index (Phi) is 5.85. The zero-order chi connectivity index (χ0) is 15.3. The maximum absolute atomic E-state index is 12.9. The van der Waals surface area contributed by atoms with E-state index >= 15 is 0 Å². The zero-order valence-corrected chi connectivity index (χ0v) is 10.4. The van der Waals surface area contributed by atoms with Crippen LogP contribution in [-0.4, -0.2) is 62.6 Å². The molecule has 0 aromatic heterocycles. The van der Waals surface area contributed by atoms with Gasteiger partial charge in [0.05, 0.1) is 20.5 Å². The SMILES string of the molecule is C[N+](C)(CC=O)CC(CC(F)(F)C(F)(F)F)OC=O. The van der Waals surface area contributed by atoms with Crippen molar-refractivity contribution in [2.24, 2.45) is 0 Å². The number of hydrogen-bond acceptors (Lipinski definition) is 3. The number of ether oxygens (including phenoxy) is 1. The number of nitrogens with zero attached hydrogens (tertiary/aromatic N) is 1. The fourth-order valence-corrected chi connectivity index (χ4v) is 1.46. The number of likely N-dealkylation sites (N-methyl/N-ethyl adjacent to an activating group) is 1. The van der Waals surface area contributed by atoms with E-state index in [1.54, 1.807) is 0 Å². The second kappa shape index (κ2) is 6.27. The third-order valence-electron chi connectivity index (χ3n) is 2.41. The molecule has 0 rings (SSSR count). The van der Waals surface area contributed by atoms with Crippen LogP contribution in [0, 0.1) is 0 Å². The summed E-state index contributed by atoms with van der Waals surface area (Å²) in [5, 5.41) is 0. The standard InChI is InChI=1S/C10H15F5NO3/c1-16(2,3-4-17)6-8(19-7-18)5-9(11,12)10(13,14)15/h4,7-8H,3,5-6H2,1-2H3/q+1. The molecule has 0 aliphatic heterocycles. The van der Waals surface area contributed by atoms with Gasteiger partial charge in [0.15, 0.2) is 12.4 Å². The lowest BCUT2D eigenvalue weighted by atomic mass is 10.1. The first-order chi connectivity index (χ1) is 8.45.